The van der Waals surface area contributed by atoms with Crippen LogP contribution in [0, 0.1) is 11.8 Å². The Morgan fingerprint density at radius 2 is 1.93 bits per heavy atom. The van der Waals surface area contributed by atoms with Crippen LogP contribution >= 0.6 is 31.9 Å². The number of carbonyl (C=O) groups is 3. The van der Waals surface area contributed by atoms with Crippen molar-refractivity contribution in [3.8, 4) is 0 Å². The van der Waals surface area contributed by atoms with E-state index in [2.05, 4.69) is 31.9 Å². The van der Waals surface area contributed by atoms with Crippen molar-refractivity contribution in [1.82, 2.24) is 0 Å². The topological polar surface area (TPSA) is 119 Å². The summed E-state index contributed by atoms with van der Waals surface area (Å²) in [5, 5.41) is 21.3. The van der Waals surface area contributed by atoms with Gasteiger partial charge in [0.05, 0.1) is 30.1 Å². The summed E-state index contributed by atoms with van der Waals surface area (Å²) in [6, 6.07) is 4.77. The Bertz CT molecular complexity index is 878. The van der Waals surface area contributed by atoms with Gasteiger partial charge in [-0.2, -0.15) is 0 Å². The summed E-state index contributed by atoms with van der Waals surface area (Å²) in [6.07, 6.45) is -2.11. The Kier molecular flexibility index (Phi) is 5.68. The number of benzene rings is 1. The number of hydrogen-bond acceptors (Lipinski definition) is 8. The molecular formula is C18H16Br2O8. The van der Waals surface area contributed by atoms with Crippen LogP contribution in [0.5, 0.6) is 0 Å². The Morgan fingerprint density at radius 3 is 2.54 bits per heavy atom. The predicted octanol–water partition coefficient (Wildman–Crippen LogP) is 1.71. The van der Waals surface area contributed by atoms with Crippen LogP contribution in [-0.2, 0) is 23.8 Å². The monoisotopic (exact) mass is 518 g/mol. The molecule has 150 valence electrons. The number of rotatable bonds is 3. The molecule has 8 nitrogen and oxygen atoms in total. The lowest BCUT2D eigenvalue weighted by Crippen LogP contribution is -2.46. The summed E-state index contributed by atoms with van der Waals surface area (Å²) in [5.74, 6) is -4.91. The van der Waals surface area contributed by atoms with E-state index >= 15 is 0 Å². The number of hydrogen-bond donors (Lipinski definition) is 2. The van der Waals surface area contributed by atoms with Gasteiger partial charge in [-0.15, -0.1) is 0 Å². The summed E-state index contributed by atoms with van der Waals surface area (Å²) >= 11 is 6.53. The van der Waals surface area contributed by atoms with Crippen LogP contribution in [-0.4, -0.2) is 53.0 Å². The number of fused-ring (bicyclic) bond motifs is 1. The maximum Gasteiger partial charge on any atom is 0.339 e. The molecule has 1 aromatic carbocycles. The molecule has 1 aliphatic carbocycles. The first-order chi connectivity index (χ1) is 13.1. The zero-order valence-corrected chi connectivity index (χ0v) is 17.9. The molecule has 10 heteroatoms. The van der Waals surface area contributed by atoms with Crippen LogP contribution in [0.15, 0.2) is 39.0 Å². The highest BCUT2D eigenvalue weighted by atomic mass is 79.9. The molecule has 1 saturated carbocycles. The largest absolute Gasteiger partial charge is 0.466 e. The molecule has 1 aromatic rings. The lowest BCUT2D eigenvalue weighted by Gasteiger charge is -2.30. The molecular weight excluding hydrogens is 504 g/mol. The second kappa shape index (κ2) is 7.58. The average Bonchev–Trinajstić information content (AvgIpc) is 2.83. The molecule has 5 atom stereocenters. The van der Waals surface area contributed by atoms with E-state index in [1.165, 1.54) is 13.0 Å². The van der Waals surface area contributed by atoms with E-state index in [-0.39, 0.29) is 11.1 Å². The number of aliphatic hydroxyl groups is 2. The van der Waals surface area contributed by atoms with Crippen molar-refractivity contribution in [2.75, 3.05) is 7.11 Å². The fourth-order valence-electron chi connectivity index (χ4n) is 3.56. The minimum Gasteiger partial charge on any atom is -0.466 e. The molecule has 0 spiro atoms. The normalized spacial score (nSPS) is 31.5. The predicted molar refractivity (Wildman–Crippen MR) is 101 cm³/mol. The molecule has 0 amide bonds. The lowest BCUT2D eigenvalue weighted by molar-refractivity contribution is -0.158. The summed E-state index contributed by atoms with van der Waals surface area (Å²) in [6.45, 7) is 1.22. The number of carbonyl (C=O) groups excluding carboxylic acids is 3. The fourth-order valence-corrected chi connectivity index (χ4v) is 4.77. The van der Waals surface area contributed by atoms with Gasteiger partial charge in [0.1, 0.15) is 24.1 Å². The van der Waals surface area contributed by atoms with E-state index in [4.69, 9.17) is 14.2 Å². The van der Waals surface area contributed by atoms with Gasteiger partial charge in [0, 0.05) is 8.95 Å². The summed E-state index contributed by atoms with van der Waals surface area (Å²) in [5.41, 5.74) is -1.94. The van der Waals surface area contributed by atoms with Crippen molar-refractivity contribution < 1.29 is 38.8 Å². The van der Waals surface area contributed by atoms with Crippen LogP contribution in [0.25, 0.3) is 0 Å². The maximum absolute atomic E-state index is 12.7. The Hall–Kier alpha value is -1.75. The van der Waals surface area contributed by atoms with Gasteiger partial charge in [-0.25, -0.2) is 9.59 Å². The first-order valence-electron chi connectivity index (χ1n) is 8.15. The minimum absolute atomic E-state index is 0.114. The number of halogens is 2. The summed E-state index contributed by atoms with van der Waals surface area (Å²) < 4.78 is 16.2. The smallest absolute Gasteiger partial charge is 0.339 e. The number of cyclic esters (lactones) is 1. The highest BCUT2D eigenvalue weighted by Crippen LogP contribution is 2.48. The van der Waals surface area contributed by atoms with Crippen molar-refractivity contribution in [3.63, 3.8) is 0 Å². The van der Waals surface area contributed by atoms with E-state index in [0.29, 0.717) is 4.47 Å². The van der Waals surface area contributed by atoms with Crippen molar-refractivity contribution in [3.05, 3.63) is 44.5 Å². The van der Waals surface area contributed by atoms with Gasteiger partial charge in [-0.05, 0) is 41.1 Å². The van der Waals surface area contributed by atoms with Crippen LogP contribution < -0.4 is 0 Å². The molecule has 0 unspecified atom stereocenters. The SMILES string of the molecule is COC(=O)C1=COC(=O)[C@H]2[C@@H]1[C@H](OC(=O)c1ccc(Br)cc1Br)[C@H](O)[C@]2(C)O. The molecule has 0 aromatic heterocycles. The number of ether oxygens (including phenoxy) is 3. The standard InChI is InChI=1S/C18H16Br2O8/c1-18(25)12-11(9(15(22)26-2)6-27-17(12)24)13(14(18)21)28-16(23)8-4-3-7(19)5-10(8)20/h3-6,11-14,21,25H,1-2H3/t11-,12-,13+,14+,18-/m1/s1. The second-order valence-corrected chi connectivity index (χ2v) is 8.44. The van der Waals surface area contributed by atoms with Crippen molar-refractivity contribution >= 4 is 49.8 Å². The van der Waals surface area contributed by atoms with Crippen molar-refractivity contribution in [2.45, 2.75) is 24.7 Å². The molecule has 2 N–H and O–H groups in total. The third kappa shape index (κ3) is 3.38. The lowest BCUT2D eigenvalue weighted by atomic mass is 9.81. The van der Waals surface area contributed by atoms with E-state index in [1.54, 1.807) is 12.1 Å². The first kappa shape index (κ1) is 21.0. The number of methoxy groups -OCH3 is 1. The van der Waals surface area contributed by atoms with E-state index in [9.17, 15) is 24.6 Å². The Morgan fingerprint density at radius 1 is 1.25 bits per heavy atom. The first-order valence-corrected chi connectivity index (χ1v) is 9.73. The zero-order chi connectivity index (χ0) is 20.8. The van der Waals surface area contributed by atoms with E-state index in [1.807, 2.05) is 0 Å². The van der Waals surface area contributed by atoms with Gasteiger partial charge in [0.2, 0.25) is 0 Å². The molecule has 0 saturated heterocycles. The van der Waals surface area contributed by atoms with Gasteiger partial charge < -0.3 is 24.4 Å². The molecule has 2 aliphatic rings. The Balaban J connectivity index is 1.99. The summed E-state index contributed by atoms with van der Waals surface area (Å²) in [4.78, 5) is 37.1. The fraction of sp³-hybridized carbons (Fsp3) is 0.389. The third-order valence-corrected chi connectivity index (χ3v) is 6.13. The van der Waals surface area contributed by atoms with E-state index < -0.39 is 47.6 Å². The number of esters is 3. The molecule has 28 heavy (non-hydrogen) atoms. The molecule has 1 aliphatic heterocycles. The van der Waals surface area contributed by atoms with Gasteiger partial charge in [-0.1, -0.05) is 15.9 Å². The van der Waals surface area contributed by atoms with Crippen LogP contribution in [0.1, 0.15) is 17.3 Å². The molecule has 1 fully saturated rings. The van der Waals surface area contributed by atoms with Gasteiger partial charge >= 0.3 is 17.9 Å². The zero-order valence-electron chi connectivity index (χ0n) is 14.7. The van der Waals surface area contributed by atoms with Crippen LogP contribution in [0.3, 0.4) is 0 Å². The van der Waals surface area contributed by atoms with Crippen molar-refractivity contribution in [2.24, 2.45) is 11.8 Å². The van der Waals surface area contributed by atoms with E-state index in [0.717, 1.165) is 17.8 Å². The average molecular weight is 520 g/mol. The van der Waals surface area contributed by atoms with Crippen LogP contribution in [0.2, 0.25) is 0 Å². The maximum atomic E-state index is 12.7. The molecule has 0 bridgehead atoms. The third-order valence-electron chi connectivity index (χ3n) is 4.98. The number of aliphatic hydroxyl groups excluding tert-OH is 1. The summed E-state index contributed by atoms with van der Waals surface area (Å²) in [7, 11) is 1.14. The highest BCUT2D eigenvalue weighted by molar-refractivity contribution is 9.11. The van der Waals surface area contributed by atoms with Gasteiger partial charge in [0.25, 0.3) is 0 Å². The van der Waals surface area contributed by atoms with Gasteiger partial charge in [-0.3, -0.25) is 4.79 Å². The van der Waals surface area contributed by atoms with Crippen molar-refractivity contribution in [1.29, 1.82) is 0 Å². The highest BCUT2D eigenvalue weighted by Gasteiger charge is 2.65. The molecule has 0 radical (unpaired) electrons. The molecule has 3 rings (SSSR count). The minimum atomic E-state index is -1.99. The second-order valence-electron chi connectivity index (χ2n) is 6.67. The van der Waals surface area contributed by atoms with Gasteiger partial charge in [0.15, 0.2) is 0 Å². The van der Waals surface area contributed by atoms with Crippen LogP contribution in [0.4, 0.5) is 0 Å². The Labute approximate surface area is 176 Å². The quantitative estimate of drug-likeness (QED) is 0.457. The molecule has 1 heterocycles.